The number of halogens is 1. The Balaban J connectivity index is 1.36. The summed E-state index contributed by atoms with van der Waals surface area (Å²) >= 11 is 0. The minimum atomic E-state index is -0.245. The number of anilines is 1. The molecule has 1 saturated carbocycles. The first-order valence-corrected chi connectivity index (χ1v) is 8.44. The number of nitrogens with one attached hydrogen (secondary N) is 1. The highest BCUT2D eigenvalue weighted by Gasteiger charge is 2.45. The lowest BCUT2D eigenvalue weighted by Gasteiger charge is -2.08. The van der Waals surface area contributed by atoms with E-state index in [0.717, 1.165) is 0 Å². The second-order valence-electron chi connectivity index (χ2n) is 6.27. The molecule has 5 heteroatoms. The topological polar surface area (TPSA) is 51.2 Å². The minimum absolute atomic E-state index is 0.0366. The molecule has 1 amide bonds. The van der Waals surface area contributed by atoms with Crippen LogP contribution in [0.4, 0.5) is 10.1 Å². The highest BCUT2D eigenvalue weighted by Crippen LogP contribution is 2.48. The molecule has 1 aliphatic carbocycles. The number of nitrogens with zero attached hydrogens (tertiary/aromatic N) is 1. The van der Waals surface area contributed by atoms with Gasteiger partial charge >= 0.3 is 0 Å². The zero-order chi connectivity index (χ0) is 17.9. The van der Waals surface area contributed by atoms with Crippen LogP contribution in [0.25, 0.3) is 0 Å². The van der Waals surface area contributed by atoms with Gasteiger partial charge in [0.05, 0.1) is 0 Å². The molecule has 4 nitrogen and oxygen atoms in total. The van der Waals surface area contributed by atoms with Gasteiger partial charge in [-0.15, -0.1) is 0 Å². The van der Waals surface area contributed by atoms with Crippen LogP contribution in [-0.4, -0.2) is 10.9 Å². The third kappa shape index (κ3) is 3.57. The van der Waals surface area contributed by atoms with Crippen LogP contribution in [0.2, 0.25) is 0 Å². The van der Waals surface area contributed by atoms with E-state index in [2.05, 4.69) is 10.3 Å². The van der Waals surface area contributed by atoms with Crippen molar-refractivity contribution in [2.75, 3.05) is 5.32 Å². The lowest BCUT2D eigenvalue weighted by atomic mass is 10.1. The van der Waals surface area contributed by atoms with Gasteiger partial charge in [-0.3, -0.25) is 9.78 Å². The van der Waals surface area contributed by atoms with E-state index in [4.69, 9.17) is 4.74 Å². The molecule has 2 unspecified atom stereocenters. The number of ether oxygens (including phenoxy) is 1. The summed E-state index contributed by atoms with van der Waals surface area (Å²) in [5, 5.41) is 2.89. The summed E-state index contributed by atoms with van der Waals surface area (Å²) in [4.78, 5) is 16.3. The van der Waals surface area contributed by atoms with Gasteiger partial charge in [0, 0.05) is 24.0 Å². The summed E-state index contributed by atoms with van der Waals surface area (Å²) in [6, 6.07) is 17.3. The fourth-order valence-corrected chi connectivity index (χ4v) is 2.99. The molecule has 1 N–H and O–H groups in total. The van der Waals surface area contributed by atoms with E-state index in [9.17, 15) is 9.18 Å². The van der Waals surface area contributed by atoms with E-state index in [1.807, 2.05) is 0 Å². The lowest BCUT2D eigenvalue weighted by Crippen LogP contribution is -2.14. The average Bonchev–Trinajstić information content (AvgIpc) is 3.45. The van der Waals surface area contributed by atoms with Gasteiger partial charge in [-0.05, 0) is 60.4 Å². The van der Waals surface area contributed by atoms with E-state index < -0.39 is 0 Å². The first-order valence-electron chi connectivity index (χ1n) is 8.44. The second kappa shape index (κ2) is 6.96. The Hall–Kier alpha value is -3.21. The van der Waals surface area contributed by atoms with E-state index in [1.54, 1.807) is 67.0 Å². The molecule has 2 atom stereocenters. The summed E-state index contributed by atoms with van der Waals surface area (Å²) < 4.78 is 19.5. The van der Waals surface area contributed by atoms with Crippen LogP contribution in [0.15, 0.2) is 73.1 Å². The monoisotopic (exact) mass is 348 g/mol. The van der Waals surface area contributed by atoms with E-state index in [0.29, 0.717) is 29.2 Å². The molecule has 0 spiro atoms. The molecule has 0 aliphatic heterocycles. The summed E-state index contributed by atoms with van der Waals surface area (Å²) in [6.45, 7) is 0. The van der Waals surface area contributed by atoms with Gasteiger partial charge in [-0.1, -0.05) is 18.2 Å². The predicted molar refractivity (Wildman–Crippen MR) is 96.6 cm³/mol. The van der Waals surface area contributed by atoms with Gasteiger partial charge in [0.15, 0.2) is 0 Å². The zero-order valence-corrected chi connectivity index (χ0v) is 13.9. The number of hydrogen-bond donors (Lipinski definition) is 1. The molecule has 4 rings (SSSR count). The van der Waals surface area contributed by atoms with Crippen molar-refractivity contribution in [3.05, 3.63) is 84.4 Å². The molecule has 0 bridgehead atoms. The molecular weight excluding hydrogens is 331 g/mol. The van der Waals surface area contributed by atoms with E-state index in [1.165, 1.54) is 6.07 Å². The first-order chi connectivity index (χ1) is 12.7. The van der Waals surface area contributed by atoms with E-state index in [-0.39, 0.29) is 23.6 Å². The molecule has 2 aromatic carbocycles. The maximum absolute atomic E-state index is 13.8. The van der Waals surface area contributed by atoms with Crippen molar-refractivity contribution in [3.8, 4) is 11.5 Å². The number of pyridine rings is 1. The normalized spacial score (nSPS) is 18.2. The quantitative estimate of drug-likeness (QED) is 0.723. The predicted octanol–water partition coefficient (Wildman–Crippen LogP) is 4.76. The number of aromatic nitrogens is 1. The van der Waals surface area contributed by atoms with Crippen LogP contribution >= 0.6 is 0 Å². The van der Waals surface area contributed by atoms with Crippen molar-refractivity contribution in [2.45, 2.75) is 12.3 Å². The molecule has 1 aliphatic rings. The van der Waals surface area contributed by atoms with Crippen molar-refractivity contribution in [1.29, 1.82) is 0 Å². The number of carbonyl (C=O) groups is 1. The Bertz CT molecular complexity index is 913. The Morgan fingerprint density at radius 3 is 2.42 bits per heavy atom. The standard InChI is InChI=1S/C21H17FN2O2/c22-20-4-2-1-3-17(20)18-13-19(18)21(25)24-14-5-7-15(8-6-14)26-16-9-11-23-12-10-16/h1-12,18-19H,13H2,(H,24,25). The molecule has 26 heavy (non-hydrogen) atoms. The molecule has 3 aromatic rings. The van der Waals surface area contributed by atoms with Crippen LogP contribution in [0, 0.1) is 11.7 Å². The molecule has 0 radical (unpaired) electrons. The molecule has 1 aromatic heterocycles. The molecular formula is C21H17FN2O2. The zero-order valence-electron chi connectivity index (χ0n) is 13.9. The highest BCUT2D eigenvalue weighted by atomic mass is 19.1. The fraction of sp³-hybridized carbons (Fsp3) is 0.143. The van der Waals surface area contributed by atoms with Crippen molar-refractivity contribution >= 4 is 11.6 Å². The maximum atomic E-state index is 13.8. The van der Waals surface area contributed by atoms with Crippen LogP contribution in [0.3, 0.4) is 0 Å². The number of hydrogen-bond acceptors (Lipinski definition) is 3. The number of rotatable bonds is 5. The lowest BCUT2D eigenvalue weighted by molar-refractivity contribution is -0.117. The molecule has 1 fully saturated rings. The SMILES string of the molecule is O=C(Nc1ccc(Oc2ccncc2)cc1)C1CC1c1ccccc1F. The number of amides is 1. The fourth-order valence-electron chi connectivity index (χ4n) is 2.99. The highest BCUT2D eigenvalue weighted by molar-refractivity contribution is 5.95. The summed E-state index contributed by atoms with van der Waals surface area (Å²) in [6.07, 6.45) is 3.99. The third-order valence-electron chi connectivity index (χ3n) is 4.44. The van der Waals surface area contributed by atoms with Gasteiger partial charge in [-0.25, -0.2) is 4.39 Å². The first kappa shape index (κ1) is 16.3. The Morgan fingerprint density at radius 2 is 1.69 bits per heavy atom. The van der Waals surface area contributed by atoms with Crippen molar-refractivity contribution in [1.82, 2.24) is 4.98 Å². The van der Waals surface area contributed by atoms with Crippen LogP contribution in [0.1, 0.15) is 17.9 Å². The van der Waals surface area contributed by atoms with Gasteiger partial charge < -0.3 is 10.1 Å². The van der Waals surface area contributed by atoms with Crippen molar-refractivity contribution in [3.63, 3.8) is 0 Å². The Kier molecular flexibility index (Phi) is 4.35. The van der Waals surface area contributed by atoms with Gasteiger partial charge in [0.2, 0.25) is 5.91 Å². The Labute approximate surface area is 150 Å². The molecule has 1 heterocycles. The molecule has 130 valence electrons. The largest absolute Gasteiger partial charge is 0.457 e. The van der Waals surface area contributed by atoms with E-state index >= 15 is 0 Å². The van der Waals surface area contributed by atoms with Gasteiger partial charge in [-0.2, -0.15) is 0 Å². The minimum Gasteiger partial charge on any atom is -0.457 e. The summed E-state index contributed by atoms with van der Waals surface area (Å²) in [5.74, 6) is 0.823. The number of benzene rings is 2. The Morgan fingerprint density at radius 1 is 1.00 bits per heavy atom. The van der Waals surface area contributed by atoms with Crippen LogP contribution in [0.5, 0.6) is 11.5 Å². The van der Waals surface area contributed by atoms with Crippen LogP contribution in [-0.2, 0) is 4.79 Å². The smallest absolute Gasteiger partial charge is 0.228 e. The van der Waals surface area contributed by atoms with Gasteiger partial charge in [0.1, 0.15) is 17.3 Å². The maximum Gasteiger partial charge on any atom is 0.228 e. The van der Waals surface area contributed by atoms with Crippen molar-refractivity contribution < 1.29 is 13.9 Å². The average molecular weight is 348 g/mol. The summed E-state index contributed by atoms with van der Waals surface area (Å²) in [5.41, 5.74) is 1.31. The number of carbonyl (C=O) groups excluding carboxylic acids is 1. The summed E-state index contributed by atoms with van der Waals surface area (Å²) in [7, 11) is 0. The van der Waals surface area contributed by atoms with Crippen LogP contribution < -0.4 is 10.1 Å². The van der Waals surface area contributed by atoms with Crippen molar-refractivity contribution in [2.24, 2.45) is 5.92 Å². The molecule has 0 saturated heterocycles. The third-order valence-corrected chi connectivity index (χ3v) is 4.44. The second-order valence-corrected chi connectivity index (χ2v) is 6.27. The van der Waals surface area contributed by atoms with Gasteiger partial charge in [0.25, 0.3) is 0 Å².